The second-order valence-electron chi connectivity index (χ2n) is 5.25. The lowest BCUT2D eigenvalue weighted by molar-refractivity contribution is -0.274. The largest absolute Gasteiger partial charge is 0.573 e. The lowest BCUT2D eigenvalue weighted by Gasteiger charge is -2.10. The monoisotopic (exact) mass is 530 g/mol. The standard InChI is InChI=1S/C16H17F3N4O3S.HI/c1-21-27(24,25)14-4-2-3-11(9-14)10-22-15(20)23-12-5-7-13(8-6-12)26-16(17,18)19;/h2-9,21H,10H2,1H3,(H3,20,22,23);1H. The van der Waals surface area contributed by atoms with Crippen molar-refractivity contribution in [1.29, 1.82) is 0 Å². The van der Waals surface area contributed by atoms with Crippen LogP contribution in [0.25, 0.3) is 0 Å². The van der Waals surface area contributed by atoms with Gasteiger partial charge in [0.05, 0.1) is 11.4 Å². The molecule has 0 fully saturated rings. The molecule has 2 aromatic rings. The minimum absolute atomic E-state index is 0. The average molecular weight is 530 g/mol. The summed E-state index contributed by atoms with van der Waals surface area (Å²) in [5.74, 6) is -0.340. The van der Waals surface area contributed by atoms with E-state index in [9.17, 15) is 21.6 Å². The third kappa shape index (κ3) is 7.52. The maximum Gasteiger partial charge on any atom is 0.573 e. The second-order valence-corrected chi connectivity index (χ2v) is 7.14. The number of alkyl halides is 3. The first-order valence-corrected chi connectivity index (χ1v) is 9.02. The Hall–Kier alpha value is -2.06. The molecule has 0 saturated heterocycles. The SMILES string of the molecule is CNS(=O)(=O)c1cccc(CN=C(N)Nc2ccc(OC(F)(F)F)cc2)c1.I. The van der Waals surface area contributed by atoms with Crippen molar-refractivity contribution in [2.75, 3.05) is 12.4 Å². The number of benzene rings is 2. The Labute approximate surface area is 177 Å². The van der Waals surface area contributed by atoms with Gasteiger partial charge in [-0.3, -0.25) is 0 Å². The quantitative estimate of drug-likeness (QED) is 0.303. The number of halogens is 4. The van der Waals surface area contributed by atoms with Gasteiger partial charge < -0.3 is 15.8 Å². The Balaban J connectivity index is 0.00000392. The fraction of sp³-hybridized carbons (Fsp3) is 0.188. The number of rotatable bonds is 6. The number of anilines is 1. The topological polar surface area (TPSA) is 106 Å². The van der Waals surface area contributed by atoms with Crippen molar-refractivity contribution in [3.63, 3.8) is 0 Å². The molecule has 0 unspecified atom stereocenters. The van der Waals surface area contributed by atoms with Crippen LogP contribution in [0.15, 0.2) is 58.4 Å². The van der Waals surface area contributed by atoms with Gasteiger partial charge in [-0.2, -0.15) is 0 Å². The molecule has 0 atom stereocenters. The summed E-state index contributed by atoms with van der Waals surface area (Å²) in [6.07, 6.45) is -4.76. The number of nitrogens with zero attached hydrogens (tertiary/aromatic N) is 1. The summed E-state index contributed by atoms with van der Waals surface area (Å²) in [6, 6.07) is 11.2. The van der Waals surface area contributed by atoms with Gasteiger partial charge in [0, 0.05) is 5.69 Å². The van der Waals surface area contributed by atoms with Crippen molar-refractivity contribution in [1.82, 2.24) is 4.72 Å². The van der Waals surface area contributed by atoms with Gasteiger partial charge in [0.2, 0.25) is 10.0 Å². The lowest BCUT2D eigenvalue weighted by Crippen LogP contribution is -2.22. The van der Waals surface area contributed by atoms with Crippen LogP contribution in [0.3, 0.4) is 0 Å². The summed E-state index contributed by atoms with van der Waals surface area (Å²) >= 11 is 0. The second kappa shape index (κ2) is 9.93. The van der Waals surface area contributed by atoms with Gasteiger partial charge in [-0.15, -0.1) is 37.1 Å². The van der Waals surface area contributed by atoms with E-state index in [1.807, 2.05) is 0 Å². The Morgan fingerprint density at radius 3 is 2.39 bits per heavy atom. The van der Waals surface area contributed by atoms with E-state index in [4.69, 9.17) is 5.73 Å². The highest BCUT2D eigenvalue weighted by Crippen LogP contribution is 2.23. The predicted octanol–water partition coefficient (Wildman–Crippen LogP) is 3.04. The van der Waals surface area contributed by atoms with Crippen molar-refractivity contribution >= 4 is 45.6 Å². The highest BCUT2D eigenvalue weighted by atomic mass is 127. The average Bonchev–Trinajstić information content (AvgIpc) is 2.61. The maximum atomic E-state index is 12.1. The van der Waals surface area contributed by atoms with E-state index >= 15 is 0 Å². The van der Waals surface area contributed by atoms with E-state index in [0.717, 1.165) is 12.1 Å². The van der Waals surface area contributed by atoms with Gasteiger partial charge in [0.25, 0.3) is 0 Å². The smallest absolute Gasteiger partial charge is 0.406 e. The van der Waals surface area contributed by atoms with Crippen molar-refractivity contribution in [2.45, 2.75) is 17.8 Å². The zero-order valence-corrected chi connectivity index (χ0v) is 17.7. The minimum Gasteiger partial charge on any atom is -0.406 e. The number of nitrogens with two attached hydrogens (primary N) is 1. The van der Waals surface area contributed by atoms with Gasteiger partial charge in [-0.25, -0.2) is 18.1 Å². The number of aliphatic imine (C=N–C) groups is 1. The summed E-state index contributed by atoms with van der Waals surface area (Å²) < 4.78 is 65.9. The van der Waals surface area contributed by atoms with Crippen molar-refractivity contribution < 1.29 is 26.3 Å². The summed E-state index contributed by atoms with van der Waals surface area (Å²) in [5, 5.41) is 2.72. The van der Waals surface area contributed by atoms with E-state index in [0.29, 0.717) is 11.3 Å². The third-order valence-corrected chi connectivity index (χ3v) is 4.68. The van der Waals surface area contributed by atoms with Gasteiger partial charge in [0.1, 0.15) is 5.75 Å². The molecule has 0 heterocycles. The van der Waals surface area contributed by atoms with E-state index < -0.39 is 16.4 Å². The van der Waals surface area contributed by atoms with E-state index in [-0.39, 0.29) is 47.1 Å². The van der Waals surface area contributed by atoms with Crippen LogP contribution in [0.1, 0.15) is 5.56 Å². The molecule has 7 nitrogen and oxygen atoms in total. The first-order chi connectivity index (χ1) is 12.6. The Morgan fingerprint density at radius 1 is 1.18 bits per heavy atom. The summed E-state index contributed by atoms with van der Waals surface area (Å²) in [6.45, 7) is 0.112. The van der Waals surface area contributed by atoms with E-state index in [1.54, 1.807) is 12.1 Å². The van der Waals surface area contributed by atoms with Gasteiger partial charge in [-0.1, -0.05) is 12.1 Å². The van der Waals surface area contributed by atoms with E-state index in [1.165, 1.54) is 31.3 Å². The van der Waals surface area contributed by atoms with Crippen molar-refractivity contribution in [3.8, 4) is 5.75 Å². The van der Waals surface area contributed by atoms with Crippen LogP contribution in [-0.2, 0) is 16.6 Å². The zero-order valence-electron chi connectivity index (χ0n) is 14.5. The van der Waals surface area contributed by atoms with Crippen LogP contribution < -0.4 is 20.5 Å². The molecular weight excluding hydrogens is 512 g/mol. The molecule has 0 bridgehead atoms. The van der Waals surface area contributed by atoms with Crippen LogP contribution in [0.2, 0.25) is 0 Å². The zero-order chi connectivity index (χ0) is 20.1. The number of nitrogens with one attached hydrogen (secondary N) is 2. The molecule has 154 valence electrons. The molecule has 0 aromatic heterocycles. The molecule has 2 rings (SSSR count). The van der Waals surface area contributed by atoms with Crippen molar-refractivity contribution in [3.05, 3.63) is 54.1 Å². The Bertz CT molecular complexity index is 919. The number of guanidine groups is 1. The molecule has 4 N–H and O–H groups in total. The molecule has 0 aliphatic rings. The minimum atomic E-state index is -4.76. The molecule has 0 amide bonds. The number of hydrogen-bond donors (Lipinski definition) is 3. The van der Waals surface area contributed by atoms with E-state index in [2.05, 4.69) is 19.8 Å². The Kier molecular flexibility index (Phi) is 8.50. The van der Waals surface area contributed by atoms with Crippen LogP contribution in [0, 0.1) is 0 Å². The third-order valence-electron chi connectivity index (χ3n) is 3.27. The van der Waals surface area contributed by atoms with Gasteiger partial charge in [0.15, 0.2) is 5.96 Å². The molecule has 0 saturated carbocycles. The van der Waals surface area contributed by atoms with Crippen LogP contribution >= 0.6 is 24.0 Å². The first-order valence-electron chi connectivity index (χ1n) is 7.54. The molecule has 0 spiro atoms. The number of ether oxygens (including phenoxy) is 1. The summed E-state index contributed by atoms with van der Waals surface area (Å²) in [7, 11) is -2.25. The number of hydrogen-bond acceptors (Lipinski definition) is 4. The molecule has 0 aliphatic heterocycles. The normalized spacial score (nSPS) is 12.2. The summed E-state index contributed by atoms with van der Waals surface area (Å²) in [4.78, 5) is 4.18. The van der Waals surface area contributed by atoms with Crippen LogP contribution in [-0.4, -0.2) is 27.8 Å². The highest BCUT2D eigenvalue weighted by Gasteiger charge is 2.30. The molecular formula is C16H18F3IN4O3S. The summed E-state index contributed by atoms with van der Waals surface area (Å²) in [5.41, 5.74) is 6.77. The van der Waals surface area contributed by atoms with Gasteiger partial charge in [-0.05, 0) is 49.0 Å². The van der Waals surface area contributed by atoms with Gasteiger partial charge >= 0.3 is 6.36 Å². The molecule has 2 aromatic carbocycles. The molecule has 0 radical (unpaired) electrons. The first kappa shape index (κ1) is 24.0. The number of sulfonamides is 1. The maximum absolute atomic E-state index is 12.1. The fourth-order valence-corrected chi connectivity index (χ4v) is 2.83. The predicted molar refractivity (Wildman–Crippen MR) is 110 cm³/mol. The van der Waals surface area contributed by atoms with Crippen LogP contribution in [0.5, 0.6) is 5.75 Å². The fourth-order valence-electron chi connectivity index (χ4n) is 2.03. The molecule has 12 heteroatoms. The molecule has 28 heavy (non-hydrogen) atoms. The highest BCUT2D eigenvalue weighted by molar-refractivity contribution is 14.0. The van der Waals surface area contributed by atoms with Crippen molar-refractivity contribution in [2.24, 2.45) is 10.7 Å². The Morgan fingerprint density at radius 2 is 1.82 bits per heavy atom. The lowest BCUT2D eigenvalue weighted by atomic mass is 10.2. The molecule has 0 aliphatic carbocycles. The van der Waals surface area contributed by atoms with Crippen LogP contribution in [0.4, 0.5) is 18.9 Å².